The molecule has 0 N–H and O–H groups in total. The van der Waals surface area contributed by atoms with Gasteiger partial charge in [-0.2, -0.15) is 0 Å². The Balaban J connectivity index is 1.60. The maximum Gasteiger partial charge on any atom is 0.302 e. The summed E-state index contributed by atoms with van der Waals surface area (Å²) in [5, 5.41) is 9.41. The van der Waals surface area contributed by atoms with Crippen LogP contribution in [0.2, 0.25) is 5.15 Å². The molecule has 2 unspecified atom stereocenters. The van der Waals surface area contributed by atoms with Crippen LogP contribution >= 0.6 is 23.4 Å². The zero-order valence-corrected chi connectivity index (χ0v) is 19.5. The number of ether oxygens (including phenoxy) is 4. The normalized spacial score (nSPS) is 27.0. The monoisotopic (exact) mass is 471 g/mol. The molecule has 0 bridgehead atoms. The molecule has 2 aromatic heterocycles. The number of halogens is 1. The number of rotatable bonds is 8. The zero-order chi connectivity index (χ0) is 22.2. The molecule has 4 atom stereocenters. The van der Waals surface area contributed by atoms with Gasteiger partial charge in [0.05, 0.1) is 18.8 Å². The van der Waals surface area contributed by atoms with Crippen molar-refractivity contribution >= 4 is 40.5 Å². The molecule has 12 heteroatoms. The van der Waals surface area contributed by atoms with E-state index in [1.54, 1.807) is 16.4 Å². The molecule has 0 amide bonds. The van der Waals surface area contributed by atoms with Gasteiger partial charge in [0.2, 0.25) is 0 Å². The van der Waals surface area contributed by atoms with Gasteiger partial charge in [-0.15, -0.1) is 5.10 Å². The number of nitrogens with zero attached hydrogens (tertiary/aromatic N) is 5. The lowest BCUT2D eigenvalue weighted by atomic mass is 10.2. The number of hydrogen-bond donors (Lipinski definition) is 0. The Hall–Kier alpha value is -1.53. The molecular weight excluding hydrogens is 446 g/mol. The fraction of sp³-hybridized carbons (Fsp3) is 0.737. The minimum absolute atomic E-state index is 0.186. The van der Waals surface area contributed by atoms with Crippen molar-refractivity contribution in [3.8, 4) is 0 Å². The molecule has 0 radical (unpaired) electrons. The maximum absolute atomic E-state index is 11.0. The standard InChI is InChI=1S/C19H26ClN5O5S/c1-5-8-31-18-21-16(20)13-17(22-18)25(24-23-13)11-9-12(28-7-6-27-10(2)26)15-14(11)29-19(3,4)30-15/h11-12,14-15H,5-9H2,1-4H3/t11?,12-,14-,15?/m0/s1. The molecule has 10 nitrogen and oxygen atoms in total. The predicted octanol–water partition coefficient (Wildman–Crippen LogP) is 2.79. The number of fused-ring (bicyclic) bond motifs is 2. The quantitative estimate of drug-likeness (QED) is 0.187. The van der Waals surface area contributed by atoms with Crippen molar-refractivity contribution in [2.24, 2.45) is 0 Å². The van der Waals surface area contributed by atoms with Gasteiger partial charge in [-0.05, 0) is 20.3 Å². The minimum atomic E-state index is -0.753. The van der Waals surface area contributed by atoms with Crippen LogP contribution in [0.15, 0.2) is 5.16 Å². The maximum atomic E-state index is 11.0. The van der Waals surface area contributed by atoms with Crippen LogP contribution in [0.25, 0.3) is 11.2 Å². The minimum Gasteiger partial charge on any atom is -0.463 e. The first-order valence-corrected chi connectivity index (χ1v) is 11.7. The second-order valence-corrected chi connectivity index (χ2v) is 9.39. The molecule has 1 aliphatic carbocycles. The smallest absolute Gasteiger partial charge is 0.302 e. The van der Waals surface area contributed by atoms with Gasteiger partial charge in [0.25, 0.3) is 0 Å². The largest absolute Gasteiger partial charge is 0.463 e. The fourth-order valence-corrected chi connectivity index (χ4v) is 4.90. The first kappa shape index (κ1) is 22.7. The van der Waals surface area contributed by atoms with Crippen molar-refractivity contribution in [3.05, 3.63) is 5.15 Å². The molecule has 0 aromatic carbocycles. The number of carbonyl (C=O) groups is 1. The summed E-state index contributed by atoms with van der Waals surface area (Å²) in [5.74, 6) is -0.202. The van der Waals surface area contributed by atoms with Crippen LogP contribution in [0.1, 0.15) is 46.6 Å². The van der Waals surface area contributed by atoms with Crippen molar-refractivity contribution < 1.29 is 23.7 Å². The average Bonchev–Trinajstić information content (AvgIpc) is 3.35. The summed E-state index contributed by atoms with van der Waals surface area (Å²) >= 11 is 7.90. The molecule has 1 saturated heterocycles. The molecule has 1 aliphatic heterocycles. The second kappa shape index (κ2) is 9.14. The first-order chi connectivity index (χ1) is 14.8. The van der Waals surface area contributed by atoms with E-state index < -0.39 is 5.79 Å². The Kier molecular flexibility index (Phi) is 6.68. The summed E-state index contributed by atoms with van der Waals surface area (Å²) in [7, 11) is 0. The Labute approximate surface area is 189 Å². The van der Waals surface area contributed by atoms with E-state index in [2.05, 4.69) is 27.2 Å². The number of thioether (sulfide) groups is 1. The zero-order valence-electron chi connectivity index (χ0n) is 17.9. The summed E-state index contributed by atoms with van der Waals surface area (Å²) in [6.07, 6.45) is 0.753. The average molecular weight is 472 g/mol. The molecule has 2 aliphatic rings. The van der Waals surface area contributed by atoms with Crippen molar-refractivity contribution in [1.29, 1.82) is 0 Å². The van der Waals surface area contributed by atoms with Crippen molar-refractivity contribution in [2.45, 2.75) is 75.8 Å². The Morgan fingerprint density at radius 2 is 2.06 bits per heavy atom. The lowest BCUT2D eigenvalue weighted by Gasteiger charge is -2.23. The number of esters is 1. The van der Waals surface area contributed by atoms with Gasteiger partial charge >= 0.3 is 5.97 Å². The van der Waals surface area contributed by atoms with Crippen LogP contribution in [0.3, 0.4) is 0 Å². The first-order valence-electron chi connectivity index (χ1n) is 10.3. The third kappa shape index (κ3) is 4.80. The van der Waals surface area contributed by atoms with Crippen LogP contribution < -0.4 is 0 Å². The van der Waals surface area contributed by atoms with Crippen LogP contribution in [0.4, 0.5) is 0 Å². The fourth-order valence-electron chi connectivity index (χ4n) is 3.96. The van der Waals surface area contributed by atoms with Gasteiger partial charge in [-0.3, -0.25) is 4.79 Å². The lowest BCUT2D eigenvalue weighted by molar-refractivity contribution is -0.171. The molecule has 3 heterocycles. The van der Waals surface area contributed by atoms with Crippen molar-refractivity contribution in [2.75, 3.05) is 19.0 Å². The summed E-state index contributed by atoms with van der Waals surface area (Å²) < 4.78 is 25.0. The third-order valence-corrected chi connectivity index (χ3v) is 6.43. The van der Waals surface area contributed by atoms with E-state index in [0.717, 1.165) is 12.2 Å². The number of hydrogen-bond acceptors (Lipinski definition) is 10. The number of carbonyl (C=O) groups excluding carboxylic acids is 1. The molecule has 1 saturated carbocycles. The molecule has 2 fully saturated rings. The highest BCUT2D eigenvalue weighted by molar-refractivity contribution is 7.99. The Bertz CT molecular complexity index is 957. The Morgan fingerprint density at radius 1 is 1.29 bits per heavy atom. The third-order valence-electron chi connectivity index (χ3n) is 5.11. The molecule has 31 heavy (non-hydrogen) atoms. The van der Waals surface area contributed by atoms with E-state index in [-0.39, 0.29) is 48.7 Å². The van der Waals surface area contributed by atoms with Gasteiger partial charge in [0.1, 0.15) is 18.8 Å². The van der Waals surface area contributed by atoms with Crippen LogP contribution in [-0.4, -0.2) is 74.0 Å². The highest BCUT2D eigenvalue weighted by Gasteiger charge is 2.56. The second-order valence-electron chi connectivity index (χ2n) is 7.97. The van der Waals surface area contributed by atoms with Crippen molar-refractivity contribution in [3.63, 3.8) is 0 Å². The van der Waals surface area contributed by atoms with Gasteiger partial charge in [-0.1, -0.05) is 35.5 Å². The highest BCUT2D eigenvalue weighted by Crippen LogP contribution is 2.45. The highest BCUT2D eigenvalue weighted by atomic mass is 35.5. The number of aromatic nitrogens is 5. The molecule has 4 rings (SSSR count). The molecule has 170 valence electrons. The summed E-state index contributed by atoms with van der Waals surface area (Å²) in [6.45, 7) is 7.66. The van der Waals surface area contributed by atoms with E-state index in [1.807, 2.05) is 13.8 Å². The van der Waals surface area contributed by atoms with Crippen molar-refractivity contribution in [1.82, 2.24) is 25.0 Å². The SMILES string of the molecule is CCCSc1nc(Cl)c2nnn(C3C[C@H](OCCOC(C)=O)C4OC(C)(C)O[C@H]43)c2n1. The van der Waals surface area contributed by atoms with E-state index in [4.69, 9.17) is 30.5 Å². The summed E-state index contributed by atoms with van der Waals surface area (Å²) in [4.78, 5) is 20.0. The van der Waals surface area contributed by atoms with E-state index in [9.17, 15) is 4.79 Å². The Morgan fingerprint density at radius 3 is 2.81 bits per heavy atom. The van der Waals surface area contributed by atoms with Gasteiger partial charge < -0.3 is 18.9 Å². The van der Waals surface area contributed by atoms with E-state index in [1.165, 1.54) is 6.92 Å². The van der Waals surface area contributed by atoms with Crippen LogP contribution in [0.5, 0.6) is 0 Å². The lowest BCUT2D eigenvalue weighted by Crippen LogP contribution is -2.31. The predicted molar refractivity (Wildman–Crippen MR) is 113 cm³/mol. The topological polar surface area (TPSA) is 110 Å². The molecular formula is C19H26ClN5O5S. The van der Waals surface area contributed by atoms with E-state index >= 15 is 0 Å². The summed E-state index contributed by atoms with van der Waals surface area (Å²) in [6, 6.07) is -0.203. The molecule has 2 aromatic rings. The summed E-state index contributed by atoms with van der Waals surface area (Å²) in [5.41, 5.74) is 1.02. The van der Waals surface area contributed by atoms with Gasteiger partial charge in [-0.25, -0.2) is 14.6 Å². The molecule has 0 spiro atoms. The van der Waals surface area contributed by atoms with Gasteiger partial charge in [0, 0.05) is 19.1 Å². The van der Waals surface area contributed by atoms with Crippen LogP contribution in [-0.2, 0) is 23.7 Å². The van der Waals surface area contributed by atoms with Gasteiger partial charge in [0.15, 0.2) is 27.3 Å². The van der Waals surface area contributed by atoms with E-state index in [0.29, 0.717) is 22.7 Å². The van der Waals surface area contributed by atoms with Crippen LogP contribution in [0, 0.1) is 0 Å².